The molecule has 3 aromatic rings. The second-order valence-electron chi connectivity index (χ2n) is 8.81. The number of aliphatic hydroxyl groups excluding tert-OH is 1. The first-order valence-corrected chi connectivity index (χ1v) is 11.6. The molecule has 4 rings (SSSR count). The quantitative estimate of drug-likeness (QED) is 0.309. The molecule has 0 aliphatic carbocycles. The predicted octanol–water partition coefficient (Wildman–Crippen LogP) is 5.47. The summed E-state index contributed by atoms with van der Waals surface area (Å²) in [4.78, 5) is 31.9. The topological polar surface area (TPSA) is 79.7 Å². The van der Waals surface area contributed by atoms with Gasteiger partial charge in [0.25, 0.3) is 5.78 Å². The summed E-state index contributed by atoms with van der Waals surface area (Å²) >= 11 is 1.27. The van der Waals surface area contributed by atoms with Crippen molar-refractivity contribution in [2.75, 3.05) is 11.5 Å². The van der Waals surface area contributed by atoms with Crippen molar-refractivity contribution in [3.63, 3.8) is 0 Å². The van der Waals surface area contributed by atoms with Crippen LogP contribution in [0.2, 0.25) is 0 Å². The lowest BCUT2D eigenvalue weighted by Crippen LogP contribution is -2.29. The van der Waals surface area contributed by atoms with Crippen LogP contribution in [-0.2, 0) is 15.0 Å². The number of hydrogen-bond donors (Lipinski definition) is 1. The summed E-state index contributed by atoms with van der Waals surface area (Å²) in [6.07, 6.45) is 1.59. The molecule has 7 heteroatoms. The lowest BCUT2D eigenvalue weighted by molar-refractivity contribution is -0.132. The third kappa shape index (κ3) is 4.28. The Kier molecular flexibility index (Phi) is 6.08. The fourth-order valence-electron chi connectivity index (χ4n) is 3.88. The van der Waals surface area contributed by atoms with Gasteiger partial charge in [0.15, 0.2) is 5.13 Å². The number of ketones is 1. The fraction of sp³-hybridized carbons (Fsp3) is 0.269. The fourth-order valence-corrected chi connectivity index (χ4v) is 4.54. The van der Waals surface area contributed by atoms with Gasteiger partial charge in [-0.1, -0.05) is 45.0 Å². The number of nitrogens with zero attached hydrogens (tertiary/aromatic N) is 2. The standard InChI is InChI=1S/C26H26N2O4S/c1-5-32-19-12-8-17(9-13-19)22(29)20-21(16-6-10-18(11-7-16)26(2,3)4)28(24(31)23(20)30)25-27-14-15-33-25/h6-15,21,29H,5H2,1-4H3/b22-20+/t21-/m0/s1. The number of Topliss-reactive ketones (excluding diaryl/α,β-unsaturated/α-hetero) is 1. The van der Waals surface area contributed by atoms with Crippen LogP contribution in [0.5, 0.6) is 5.75 Å². The molecule has 33 heavy (non-hydrogen) atoms. The lowest BCUT2D eigenvalue weighted by atomic mass is 9.85. The first-order valence-electron chi connectivity index (χ1n) is 10.8. The van der Waals surface area contributed by atoms with Crippen LogP contribution < -0.4 is 9.64 Å². The Morgan fingerprint density at radius 2 is 1.76 bits per heavy atom. The Bertz CT molecular complexity index is 1190. The highest BCUT2D eigenvalue weighted by atomic mass is 32.1. The van der Waals surface area contributed by atoms with Crippen LogP contribution in [0.25, 0.3) is 5.76 Å². The normalized spacial score (nSPS) is 18.1. The molecule has 1 fully saturated rings. The smallest absolute Gasteiger partial charge is 0.301 e. The van der Waals surface area contributed by atoms with Gasteiger partial charge in [-0.05, 0) is 47.7 Å². The number of thiazole rings is 1. The Hall–Kier alpha value is -3.45. The highest BCUT2D eigenvalue weighted by Crippen LogP contribution is 2.43. The van der Waals surface area contributed by atoms with Crippen molar-refractivity contribution in [1.29, 1.82) is 0 Å². The molecule has 1 atom stereocenters. The number of hydrogen-bond acceptors (Lipinski definition) is 6. The minimum atomic E-state index is -0.781. The van der Waals surface area contributed by atoms with E-state index in [-0.39, 0.29) is 16.7 Å². The maximum absolute atomic E-state index is 13.1. The second kappa shape index (κ2) is 8.83. The monoisotopic (exact) mass is 462 g/mol. The summed E-state index contributed by atoms with van der Waals surface area (Å²) in [5.41, 5.74) is 2.29. The first-order chi connectivity index (χ1) is 15.7. The van der Waals surface area contributed by atoms with Gasteiger partial charge in [0.2, 0.25) is 0 Å². The largest absolute Gasteiger partial charge is 0.507 e. The minimum absolute atomic E-state index is 0.0437. The number of benzene rings is 2. The Morgan fingerprint density at radius 3 is 2.30 bits per heavy atom. The Labute approximate surface area is 197 Å². The number of amides is 1. The van der Waals surface area contributed by atoms with Crippen molar-refractivity contribution in [2.24, 2.45) is 0 Å². The molecule has 0 saturated carbocycles. The van der Waals surface area contributed by atoms with Crippen molar-refractivity contribution in [1.82, 2.24) is 4.98 Å². The van der Waals surface area contributed by atoms with Gasteiger partial charge in [0.1, 0.15) is 11.5 Å². The molecule has 6 nitrogen and oxygen atoms in total. The van der Waals surface area contributed by atoms with E-state index >= 15 is 0 Å². The number of aromatic nitrogens is 1. The molecule has 2 aromatic carbocycles. The molecule has 0 bridgehead atoms. The van der Waals surface area contributed by atoms with Gasteiger partial charge in [-0.2, -0.15) is 0 Å². The van der Waals surface area contributed by atoms with Gasteiger partial charge in [-0.25, -0.2) is 4.98 Å². The number of ether oxygens (including phenoxy) is 1. The molecule has 1 N–H and O–H groups in total. The van der Waals surface area contributed by atoms with Crippen LogP contribution in [-0.4, -0.2) is 28.4 Å². The van der Waals surface area contributed by atoms with Gasteiger partial charge in [0, 0.05) is 17.1 Å². The minimum Gasteiger partial charge on any atom is -0.507 e. The number of aliphatic hydroxyl groups is 1. The molecular weight excluding hydrogens is 436 g/mol. The van der Waals surface area contributed by atoms with Crippen molar-refractivity contribution in [2.45, 2.75) is 39.2 Å². The van der Waals surface area contributed by atoms with E-state index in [1.54, 1.807) is 35.8 Å². The van der Waals surface area contributed by atoms with Crippen molar-refractivity contribution < 1.29 is 19.4 Å². The summed E-state index contributed by atoms with van der Waals surface area (Å²) in [6, 6.07) is 13.8. The van der Waals surface area contributed by atoms with Gasteiger partial charge in [-0.3, -0.25) is 14.5 Å². The van der Waals surface area contributed by atoms with E-state index in [9.17, 15) is 14.7 Å². The Morgan fingerprint density at radius 1 is 1.09 bits per heavy atom. The molecule has 2 heterocycles. The first kappa shape index (κ1) is 22.7. The lowest BCUT2D eigenvalue weighted by Gasteiger charge is -2.24. The van der Waals surface area contributed by atoms with E-state index in [2.05, 4.69) is 25.8 Å². The van der Waals surface area contributed by atoms with E-state index in [1.807, 2.05) is 31.2 Å². The summed E-state index contributed by atoms with van der Waals surface area (Å²) in [5, 5.41) is 13.3. The van der Waals surface area contributed by atoms with Crippen LogP contribution in [0.1, 0.15) is 50.4 Å². The van der Waals surface area contributed by atoms with Gasteiger partial charge in [-0.15, -0.1) is 11.3 Å². The van der Waals surface area contributed by atoms with Crippen LogP contribution >= 0.6 is 11.3 Å². The second-order valence-corrected chi connectivity index (χ2v) is 9.69. The van der Waals surface area contributed by atoms with Crippen LogP contribution in [0.3, 0.4) is 0 Å². The van der Waals surface area contributed by atoms with Crippen molar-refractivity contribution in [3.05, 3.63) is 82.4 Å². The van der Waals surface area contributed by atoms with E-state index in [4.69, 9.17) is 4.74 Å². The average Bonchev–Trinajstić information content (AvgIpc) is 3.40. The maximum Gasteiger partial charge on any atom is 0.301 e. The van der Waals surface area contributed by atoms with Gasteiger partial charge >= 0.3 is 5.91 Å². The zero-order valence-corrected chi connectivity index (χ0v) is 19.8. The molecule has 1 aromatic heterocycles. The van der Waals surface area contributed by atoms with Crippen LogP contribution in [0.4, 0.5) is 5.13 Å². The Balaban J connectivity index is 1.85. The van der Waals surface area contributed by atoms with E-state index in [0.717, 1.165) is 11.1 Å². The highest BCUT2D eigenvalue weighted by molar-refractivity contribution is 7.14. The molecule has 0 spiro atoms. The summed E-state index contributed by atoms with van der Waals surface area (Å²) in [5.74, 6) is -1.00. The molecule has 0 unspecified atom stereocenters. The van der Waals surface area contributed by atoms with E-state index in [0.29, 0.717) is 23.1 Å². The summed E-state index contributed by atoms with van der Waals surface area (Å²) < 4.78 is 5.47. The SMILES string of the molecule is CCOc1ccc(/C(O)=C2\C(=O)C(=O)N(c3nccs3)[C@H]2c2ccc(C(C)(C)C)cc2)cc1. The van der Waals surface area contributed by atoms with Crippen LogP contribution in [0, 0.1) is 0 Å². The molecule has 1 aliphatic rings. The van der Waals surface area contributed by atoms with E-state index < -0.39 is 17.7 Å². The zero-order chi connectivity index (χ0) is 23.8. The van der Waals surface area contributed by atoms with Crippen molar-refractivity contribution >= 4 is 33.9 Å². The van der Waals surface area contributed by atoms with Gasteiger partial charge < -0.3 is 9.84 Å². The molecule has 170 valence electrons. The maximum atomic E-state index is 13.1. The third-order valence-corrected chi connectivity index (χ3v) is 6.37. The molecule has 1 aliphatic heterocycles. The molecule has 1 saturated heterocycles. The van der Waals surface area contributed by atoms with Crippen molar-refractivity contribution in [3.8, 4) is 5.75 Å². The molecule has 1 amide bonds. The summed E-state index contributed by atoms with van der Waals surface area (Å²) in [6.45, 7) is 8.77. The van der Waals surface area contributed by atoms with Crippen LogP contribution in [0.15, 0.2) is 65.7 Å². The number of anilines is 1. The number of carbonyl (C=O) groups is 2. The molecular formula is C26H26N2O4S. The summed E-state index contributed by atoms with van der Waals surface area (Å²) in [7, 11) is 0. The van der Waals surface area contributed by atoms with E-state index in [1.165, 1.54) is 16.2 Å². The predicted molar refractivity (Wildman–Crippen MR) is 130 cm³/mol. The highest BCUT2D eigenvalue weighted by Gasteiger charge is 2.48. The zero-order valence-electron chi connectivity index (χ0n) is 19.0. The average molecular weight is 463 g/mol. The van der Waals surface area contributed by atoms with Gasteiger partial charge in [0.05, 0.1) is 18.2 Å². The number of carbonyl (C=O) groups excluding carboxylic acids is 2. The number of rotatable bonds is 5. The molecule has 0 radical (unpaired) electrons. The third-order valence-electron chi connectivity index (χ3n) is 5.60.